The number of fused-ring (bicyclic) bond motifs is 1. The van der Waals surface area contributed by atoms with Crippen LogP contribution in [0.5, 0.6) is 0 Å². The van der Waals surface area contributed by atoms with Gasteiger partial charge in [0.15, 0.2) is 5.13 Å². The van der Waals surface area contributed by atoms with Crippen molar-refractivity contribution in [2.75, 3.05) is 5.32 Å². The monoisotopic (exact) mass is 324 g/mol. The number of hydrogen-bond acceptors (Lipinski definition) is 3. The lowest BCUT2D eigenvalue weighted by molar-refractivity contribution is -0.167. The van der Waals surface area contributed by atoms with Crippen LogP contribution in [0.15, 0.2) is 22.7 Å². The average molecular weight is 325 g/mol. The summed E-state index contributed by atoms with van der Waals surface area (Å²) >= 11 is 4.22. The summed E-state index contributed by atoms with van der Waals surface area (Å²) in [5.41, 5.74) is 0.538. The fraction of sp³-hybridized carbons (Fsp3) is 0.111. The number of benzene rings is 1. The molecule has 90 valence electrons. The van der Waals surface area contributed by atoms with E-state index in [0.29, 0.717) is 10.2 Å². The minimum Gasteiger partial charge on any atom is -0.294 e. The van der Waals surface area contributed by atoms with Crippen LogP contribution in [0.25, 0.3) is 10.2 Å². The van der Waals surface area contributed by atoms with Gasteiger partial charge in [-0.1, -0.05) is 27.3 Å². The van der Waals surface area contributed by atoms with Gasteiger partial charge in [0.25, 0.3) is 0 Å². The molecule has 0 atom stereocenters. The molecule has 3 nitrogen and oxygen atoms in total. The third kappa shape index (κ3) is 2.75. The minimum atomic E-state index is -4.90. The van der Waals surface area contributed by atoms with Gasteiger partial charge in [-0.3, -0.25) is 10.1 Å². The summed E-state index contributed by atoms with van der Waals surface area (Å²) in [6, 6.07) is 5.09. The molecule has 1 heterocycles. The number of nitrogens with one attached hydrogen (secondary N) is 1. The molecule has 0 spiro atoms. The molecule has 0 saturated heterocycles. The number of rotatable bonds is 1. The highest BCUT2D eigenvalue weighted by molar-refractivity contribution is 9.10. The third-order valence-electron chi connectivity index (χ3n) is 1.83. The summed E-state index contributed by atoms with van der Waals surface area (Å²) in [6.07, 6.45) is -4.90. The maximum atomic E-state index is 12.0. The zero-order chi connectivity index (χ0) is 12.6. The predicted molar refractivity (Wildman–Crippen MR) is 62.0 cm³/mol. The van der Waals surface area contributed by atoms with Gasteiger partial charge in [-0.05, 0) is 18.2 Å². The number of thiazole rings is 1. The first-order valence-electron chi connectivity index (χ1n) is 4.30. The lowest BCUT2D eigenvalue weighted by Crippen LogP contribution is -2.29. The molecule has 17 heavy (non-hydrogen) atoms. The Kier molecular flexibility index (Phi) is 3.09. The Morgan fingerprint density at radius 3 is 2.76 bits per heavy atom. The van der Waals surface area contributed by atoms with E-state index in [0.717, 1.165) is 15.8 Å². The van der Waals surface area contributed by atoms with Crippen molar-refractivity contribution in [3.05, 3.63) is 22.7 Å². The van der Waals surface area contributed by atoms with E-state index in [1.807, 2.05) is 0 Å². The molecular weight excluding hydrogens is 321 g/mol. The number of aromatic nitrogens is 1. The van der Waals surface area contributed by atoms with Crippen LogP contribution in [0.4, 0.5) is 18.3 Å². The summed E-state index contributed by atoms with van der Waals surface area (Å²) in [5, 5.41) is 1.65. The summed E-state index contributed by atoms with van der Waals surface area (Å²) in [4.78, 5) is 14.6. The van der Waals surface area contributed by atoms with Crippen LogP contribution >= 0.6 is 27.3 Å². The van der Waals surface area contributed by atoms with Gasteiger partial charge >= 0.3 is 12.1 Å². The predicted octanol–water partition coefficient (Wildman–Crippen LogP) is 3.56. The lowest BCUT2D eigenvalue weighted by Gasteiger charge is -2.03. The SMILES string of the molecule is O=C(Nc1nc2ccc(Br)cc2s1)C(F)(F)F. The molecule has 0 bridgehead atoms. The topological polar surface area (TPSA) is 42.0 Å². The molecule has 0 radical (unpaired) electrons. The van der Waals surface area contributed by atoms with E-state index in [1.54, 1.807) is 23.5 Å². The van der Waals surface area contributed by atoms with Gasteiger partial charge in [0, 0.05) is 4.47 Å². The number of hydrogen-bond donors (Lipinski definition) is 1. The van der Waals surface area contributed by atoms with Crippen LogP contribution in [0.3, 0.4) is 0 Å². The number of alkyl halides is 3. The Bertz CT molecular complexity index is 581. The summed E-state index contributed by atoms with van der Waals surface area (Å²) in [6.45, 7) is 0. The lowest BCUT2D eigenvalue weighted by atomic mass is 10.3. The molecule has 1 amide bonds. The van der Waals surface area contributed by atoms with Crippen LogP contribution in [0, 0.1) is 0 Å². The van der Waals surface area contributed by atoms with Crippen molar-refractivity contribution in [2.45, 2.75) is 6.18 Å². The quantitative estimate of drug-likeness (QED) is 0.871. The van der Waals surface area contributed by atoms with E-state index in [1.165, 1.54) is 0 Å². The molecule has 0 aliphatic heterocycles. The molecule has 0 saturated carbocycles. The van der Waals surface area contributed by atoms with Crippen molar-refractivity contribution in [1.29, 1.82) is 0 Å². The molecule has 2 rings (SSSR count). The Balaban J connectivity index is 2.29. The van der Waals surface area contributed by atoms with E-state index < -0.39 is 12.1 Å². The van der Waals surface area contributed by atoms with Crippen molar-refractivity contribution in [3.8, 4) is 0 Å². The average Bonchev–Trinajstić information content (AvgIpc) is 2.57. The number of carbonyl (C=O) groups excluding carboxylic acids is 1. The van der Waals surface area contributed by atoms with E-state index in [-0.39, 0.29) is 5.13 Å². The van der Waals surface area contributed by atoms with E-state index >= 15 is 0 Å². The van der Waals surface area contributed by atoms with Crippen LogP contribution in [-0.4, -0.2) is 17.1 Å². The molecule has 0 aliphatic rings. The zero-order valence-electron chi connectivity index (χ0n) is 8.01. The summed E-state index contributed by atoms with van der Waals surface area (Å²) in [5.74, 6) is -2.02. The first-order valence-corrected chi connectivity index (χ1v) is 5.91. The number of halogens is 4. The highest BCUT2D eigenvalue weighted by Gasteiger charge is 2.39. The number of anilines is 1. The summed E-state index contributed by atoms with van der Waals surface area (Å²) < 4.78 is 37.5. The molecule has 0 aliphatic carbocycles. The first-order chi connectivity index (χ1) is 7.86. The number of amides is 1. The normalized spacial score (nSPS) is 11.8. The molecule has 0 fully saturated rings. The second-order valence-corrected chi connectivity index (χ2v) is 5.03. The molecule has 0 unspecified atom stereocenters. The Morgan fingerprint density at radius 2 is 2.12 bits per heavy atom. The fourth-order valence-electron chi connectivity index (χ4n) is 1.12. The van der Waals surface area contributed by atoms with Gasteiger partial charge in [-0.2, -0.15) is 13.2 Å². The largest absolute Gasteiger partial charge is 0.471 e. The van der Waals surface area contributed by atoms with E-state index in [9.17, 15) is 18.0 Å². The van der Waals surface area contributed by atoms with Crippen LogP contribution < -0.4 is 5.32 Å². The van der Waals surface area contributed by atoms with Crippen LogP contribution in [0.2, 0.25) is 0 Å². The first kappa shape index (κ1) is 12.3. The van der Waals surface area contributed by atoms with Gasteiger partial charge in [-0.25, -0.2) is 4.98 Å². The second-order valence-electron chi connectivity index (χ2n) is 3.08. The maximum Gasteiger partial charge on any atom is 0.471 e. The Hall–Kier alpha value is -1.15. The van der Waals surface area contributed by atoms with E-state index in [2.05, 4.69) is 20.9 Å². The third-order valence-corrected chi connectivity index (χ3v) is 3.26. The van der Waals surface area contributed by atoms with Gasteiger partial charge in [0.1, 0.15) is 0 Å². The minimum absolute atomic E-state index is 0.0691. The highest BCUT2D eigenvalue weighted by atomic mass is 79.9. The van der Waals surface area contributed by atoms with Crippen molar-refractivity contribution in [3.63, 3.8) is 0 Å². The molecule has 1 aromatic heterocycles. The molecule has 1 aromatic carbocycles. The van der Waals surface area contributed by atoms with Gasteiger partial charge in [-0.15, -0.1) is 0 Å². The Labute approximate surface area is 106 Å². The molecule has 8 heteroatoms. The van der Waals surface area contributed by atoms with Crippen molar-refractivity contribution >= 4 is 48.5 Å². The van der Waals surface area contributed by atoms with E-state index in [4.69, 9.17) is 0 Å². The maximum absolute atomic E-state index is 12.0. The number of carbonyl (C=O) groups is 1. The molecular formula is C9H4BrF3N2OS. The Morgan fingerprint density at radius 1 is 1.41 bits per heavy atom. The molecule has 1 N–H and O–H groups in total. The summed E-state index contributed by atoms with van der Waals surface area (Å²) in [7, 11) is 0. The second kappa shape index (κ2) is 4.26. The van der Waals surface area contributed by atoms with Gasteiger partial charge in [0.05, 0.1) is 10.2 Å². The van der Waals surface area contributed by atoms with Crippen molar-refractivity contribution in [2.24, 2.45) is 0 Å². The van der Waals surface area contributed by atoms with Gasteiger partial charge < -0.3 is 0 Å². The van der Waals surface area contributed by atoms with Crippen molar-refractivity contribution < 1.29 is 18.0 Å². The smallest absolute Gasteiger partial charge is 0.294 e. The van der Waals surface area contributed by atoms with Crippen LogP contribution in [-0.2, 0) is 4.79 Å². The van der Waals surface area contributed by atoms with Crippen molar-refractivity contribution in [1.82, 2.24) is 4.98 Å². The fourth-order valence-corrected chi connectivity index (χ4v) is 2.53. The number of nitrogens with zero attached hydrogens (tertiary/aromatic N) is 1. The standard InChI is InChI=1S/C9H4BrF3N2OS/c10-4-1-2-5-6(3-4)17-8(14-5)15-7(16)9(11,12)13/h1-3H,(H,14,15,16). The molecule has 2 aromatic rings. The van der Waals surface area contributed by atoms with Gasteiger partial charge in [0.2, 0.25) is 0 Å². The van der Waals surface area contributed by atoms with Crippen LogP contribution in [0.1, 0.15) is 0 Å². The highest BCUT2D eigenvalue weighted by Crippen LogP contribution is 2.29. The zero-order valence-corrected chi connectivity index (χ0v) is 10.4.